The van der Waals surface area contributed by atoms with E-state index in [9.17, 15) is 9.59 Å². The number of fused-ring (bicyclic) bond motifs is 2. The summed E-state index contributed by atoms with van der Waals surface area (Å²) in [6.45, 7) is 3.31. The molecular weight excluding hydrogens is 594 g/mol. The van der Waals surface area contributed by atoms with Gasteiger partial charge in [0.15, 0.2) is 0 Å². The molecule has 1 aliphatic rings. The van der Waals surface area contributed by atoms with Crippen LogP contribution < -0.4 is 15.0 Å². The van der Waals surface area contributed by atoms with E-state index in [1.807, 2.05) is 108 Å². The fraction of sp³-hybridized carbons (Fsp3) is 0.143. The second-order valence-electron chi connectivity index (χ2n) is 12.1. The first kappa shape index (κ1) is 30.8. The monoisotopic (exact) mass is 631 g/mol. The Morgan fingerprint density at radius 1 is 0.729 bits per heavy atom. The number of ether oxygens (including phenoxy) is 1. The van der Waals surface area contributed by atoms with E-state index in [4.69, 9.17) is 4.74 Å². The molecule has 0 fully saturated rings. The minimum absolute atomic E-state index is 0.0120. The Hall–Kier alpha value is -5.88. The number of methoxy groups -OCH3 is 1. The first-order valence-corrected chi connectivity index (χ1v) is 16.2. The topological polar surface area (TPSA) is 63.6 Å². The number of nitrogens with one attached hydrogen (secondary N) is 1. The molecule has 0 spiro atoms. The minimum Gasteiger partial charge on any atom is -0.496 e. The summed E-state index contributed by atoms with van der Waals surface area (Å²) in [4.78, 5) is 29.9. The van der Waals surface area contributed by atoms with Crippen molar-refractivity contribution in [3.63, 3.8) is 0 Å². The highest BCUT2D eigenvalue weighted by molar-refractivity contribution is 6.07. The van der Waals surface area contributed by atoms with Crippen molar-refractivity contribution < 1.29 is 14.3 Å². The van der Waals surface area contributed by atoms with Gasteiger partial charge in [-0.3, -0.25) is 9.59 Å². The van der Waals surface area contributed by atoms with Crippen molar-refractivity contribution in [3.8, 4) is 16.9 Å². The van der Waals surface area contributed by atoms with Crippen LogP contribution in [0.1, 0.15) is 54.7 Å². The Bertz CT molecular complexity index is 2050. The molecule has 1 aromatic heterocycles. The molecule has 2 amide bonds. The van der Waals surface area contributed by atoms with Crippen molar-refractivity contribution in [3.05, 3.63) is 179 Å². The summed E-state index contributed by atoms with van der Waals surface area (Å²) < 4.78 is 7.82. The molecule has 5 aromatic carbocycles. The molecule has 1 aliphatic heterocycles. The molecule has 7 rings (SSSR count). The molecule has 6 aromatic rings. The number of nitrogens with zero attached hydrogens (tertiary/aromatic N) is 2. The third-order valence-corrected chi connectivity index (χ3v) is 9.23. The summed E-state index contributed by atoms with van der Waals surface area (Å²) >= 11 is 0. The fourth-order valence-corrected chi connectivity index (χ4v) is 6.70. The average Bonchev–Trinajstić information content (AvgIpc) is 3.45. The zero-order chi connectivity index (χ0) is 33.0. The highest BCUT2D eigenvalue weighted by Crippen LogP contribution is 2.35. The highest BCUT2D eigenvalue weighted by atomic mass is 16.5. The van der Waals surface area contributed by atoms with Crippen molar-refractivity contribution in [2.45, 2.75) is 25.9 Å². The lowest BCUT2D eigenvalue weighted by atomic mass is 9.91. The first-order valence-electron chi connectivity index (χ1n) is 16.2. The smallest absolute Gasteiger partial charge is 0.267 e. The standard InChI is InChI=1S/C42H37N3O3/c1-29-13-9-11-19-35(29)36-23-21-32(25-40(36)48-2)42(47)45-28-34-22-24-39(44(34)27-33-18-10-12-20-38(33)45)41(46)43-26-37(30-14-5-3-6-15-30)31-16-7-4-8-17-31/h3-25,37H,26-28H2,1-2H3,(H,43,46). The van der Waals surface area contributed by atoms with Gasteiger partial charge in [-0.2, -0.15) is 0 Å². The maximum absolute atomic E-state index is 14.3. The van der Waals surface area contributed by atoms with Crippen LogP contribution in [-0.2, 0) is 13.1 Å². The summed E-state index contributed by atoms with van der Waals surface area (Å²) in [7, 11) is 1.63. The van der Waals surface area contributed by atoms with Gasteiger partial charge in [0.25, 0.3) is 11.8 Å². The predicted octanol–water partition coefficient (Wildman–Crippen LogP) is 8.24. The summed E-state index contributed by atoms with van der Waals surface area (Å²) in [6.07, 6.45) is 0. The largest absolute Gasteiger partial charge is 0.496 e. The van der Waals surface area contributed by atoms with Crippen LogP contribution in [0.2, 0.25) is 0 Å². The second kappa shape index (κ2) is 13.5. The molecule has 0 radical (unpaired) electrons. The van der Waals surface area contributed by atoms with Gasteiger partial charge in [-0.1, -0.05) is 103 Å². The van der Waals surface area contributed by atoms with Gasteiger partial charge in [0.05, 0.1) is 20.2 Å². The Kier molecular flexibility index (Phi) is 8.63. The van der Waals surface area contributed by atoms with Gasteiger partial charge in [-0.25, -0.2) is 0 Å². The van der Waals surface area contributed by atoms with Crippen LogP contribution in [0, 0.1) is 6.92 Å². The summed E-state index contributed by atoms with van der Waals surface area (Å²) in [5, 5.41) is 3.22. The van der Waals surface area contributed by atoms with E-state index in [2.05, 4.69) is 48.6 Å². The van der Waals surface area contributed by atoms with E-state index in [0.717, 1.165) is 44.8 Å². The number of aromatic nitrogens is 1. The number of amides is 2. The second-order valence-corrected chi connectivity index (χ2v) is 12.1. The van der Waals surface area contributed by atoms with Crippen LogP contribution in [-0.4, -0.2) is 30.0 Å². The zero-order valence-corrected chi connectivity index (χ0v) is 27.1. The normalized spacial score (nSPS) is 12.2. The molecule has 0 bridgehead atoms. The Morgan fingerprint density at radius 2 is 1.40 bits per heavy atom. The molecule has 0 unspecified atom stereocenters. The SMILES string of the molecule is COc1cc(C(=O)N2Cc3ccc(C(=O)NCC(c4ccccc4)c4ccccc4)n3Cc3ccccc32)ccc1-c1ccccc1C. The van der Waals surface area contributed by atoms with Crippen LogP contribution in [0.25, 0.3) is 11.1 Å². The molecule has 238 valence electrons. The third kappa shape index (κ3) is 6.00. The number of para-hydroxylation sites is 1. The third-order valence-electron chi connectivity index (χ3n) is 9.23. The number of carbonyl (C=O) groups excluding carboxylic acids is 2. The number of aryl methyl sites for hydroxylation is 1. The number of hydrogen-bond donors (Lipinski definition) is 1. The summed E-state index contributed by atoms with van der Waals surface area (Å²) in [5.41, 5.74) is 9.20. The van der Waals surface area contributed by atoms with Crippen molar-refractivity contribution in [1.29, 1.82) is 0 Å². The van der Waals surface area contributed by atoms with Gasteiger partial charge >= 0.3 is 0 Å². The van der Waals surface area contributed by atoms with E-state index in [0.29, 0.717) is 36.6 Å². The zero-order valence-electron chi connectivity index (χ0n) is 27.1. The van der Waals surface area contributed by atoms with Crippen LogP contribution in [0.5, 0.6) is 5.75 Å². The number of hydrogen-bond acceptors (Lipinski definition) is 3. The van der Waals surface area contributed by atoms with Gasteiger partial charge in [-0.05, 0) is 71.1 Å². The molecule has 6 nitrogen and oxygen atoms in total. The molecule has 0 saturated carbocycles. The van der Waals surface area contributed by atoms with Gasteiger partial charge in [0.1, 0.15) is 11.4 Å². The lowest BCUT2D eigenvalue weighted by molar-refractivity contribution is 0.0942. The molecular formula is C42H37N3O3. The summed E-state index contributed by atoms with van der Waals surface area (Å²) in [6, 6.07) is 46.0. The number of benzene rings is 5. The van der Waals surface area contributed by atoms with E-state index in [1.165, 1.54) is 0 Å². The van der Waals surface area contributed by atoms with Crippen LogP contribution in [0.15, 0.2) is 140 Å². The Balaban J connectivity index is 1.17. The van der Waals surface area contributed by atoms with E-state index in [-0.39, 0.29) is 17.7 Å². The number of anilines is 1. The molecule has 1 N–H and O–H groups in total. The van der Waals surface area contributed by atoms with Gasteiger partial charge in [0.2, 0.25) is 0 Å². The number of carbonyl (C=O) groups is 2. The lowest BCUT2D eigenvalue weighted by Crippen LogP contribution is -2.31. The molecule has 0 atom stereocenters. The van der Waals surface area contributed by atoms with E-state index >= 15 is 0 Å². The summed E-state index contributed by atoms with van der Waals surface area (Å²) in [5.74, 6) is 0.376. The molecule has 0 aliphatic carbocycles. The first-order chi connectivity index (χ1) is 23.5. The quantitative estimate of drug-likeness (QED) is 0.184. The van der Waals surface area contributed by atoms with Gasteiger partial charge < -0.3 is 19.5 Å². The van der Waals surface area contributed by atoms with Crippen LogP contribution >= 0.6 is 0 Å². The molecule has 48 heavy (non-hydrogen) atoms. The van der Waals surface area contributed by atoms with E-state index in [1.54, 1.807) is 12.0 Å². The van der Waals surface area contributed by atoms with Gasteiger partial charge in [0, 0.05) is 35.0 Å². The maximum atomic E-state index is 14.3. The van der Waals surface area contributed by atoms with Crippen LogP contribution in [0.4, 0.5) is 5.69 Å². The molecule has 6 heteroatoms. The maximum Gasteiger partial charge on any atom is 0.267 e. The number of rotatable bonds is 8. The van der Waals surface area contributed by atoms with Crippen molar-refractivity contribution in [1.82, 2.24) is 9.88 Å². The Labute approximate surface area is 281 Å². The van der Waals surface area contributed by atoms with Crippen molar-refractivity contribution >= 4 is 17.5 Å². The highest BCUT2D eigenvalue weighted by Gasteiger charge is 2.28. The van der Waals surface area contributed by atoms with Gasteiger partial charge in [-0.15, -0.1) is 0 Å². The minimum atomic E-state index is -0.146. The molecule has 0 saturated heterocycles. The van der Waals surface area contributed by atoms with E-state index < -0.39 is 0 Å². The van der Waals surface area contributed by atoms with Crippen molar-refractivity contribution in [2.24, 2.45) is 0 Å². The predicted molar refractivity (Wildman–Crippen MR) is 191 cm³/mol. The van der Waals surface area contributed by atoms with Crippen molar-refractivity contribution in [2.75, 3.05) is 18.6 Å². The van der Waals surface area contributed by atoms with Crippen LogP contribution in [0.3, 0.4) is 0 Å². The average molecular weight is 632 g/mol. The fourth-order valence-electron chi connectivity index (χ4n) is 6.70. The Morgan fingerprint density at radius 3 is 2.10 bits per heavy atom. The lowest BCUT2D eigenvalue weighted by Gasteiger charge is -2.23. The molecule has 2 heterocycles.